The number of aromatic nitrogens is 2. The number of nitrogens with one attached hydrogen (secondary N) is 1. The third kappa shape index (κ3) is 4.31. The molecule has 5 nitrogen and oxygen atoms in total. The molecule has 2 heterocycles. The lowest BCUT2D eigenvalue weighted by Crippen LogP contribution is -2.41. The third-order valence-electron chi connectivity index (χ3n) is 4.50. The van der Waals surface area contributed by atoms with Crippen LogP contribution in [0, 0.1) is 12.8 Å². The summed E-state index contributed by atoms with van der Waals surface area (Å²) in [5.74, 6) is 1.04. The molecular formula is C19H24N4O. The van der Waals surface area contributed by atoms with Gasteiger partial charge in [-0.2, -0.15) is 0 Å². The van der Waals surface area contributed by atoms with E-state index in [1.165, 1.54) is 11.1 Å². The fourth-order valence-electron chi connectivity index (χ4n) is 3.14. The van der Waals surface area contributed by atoms with Crippen molar-refractivity contribution < 1.29 is 4.79 Å². The smallest absolute Gasteiger partial charge is 0.225 e. The van der Waals surface area contributed by atoms with Crippen molar-refractivity contribution in [2.24, 2.45) is 5.92 Å². The van der Waals surface area contributed by atoms with E-state index in [1.54, 1.807) is 12.4 Å². The summed E-state index contributed by atoms with van der Waals surface area (Å²) < 4.78 is 0. The van der Waals surface area contributed by atoms with Crippen LogP contribution in [-0.4, -0.2) is 35.5 Å². The van der Waals surface area contributed by atoms with Gasteiger partial charge < -0.3 is 10.2 Å². The molecule has 126 valence electrons. The minimum Gasteiger partial charge on any atom is -0.356 e. The molecule has 2 aromatic rings. The maximum Gasteiger partial charge on any atom is 0.225 e. The largest absolute Gasteiger partial charge is 0.356 e. The first-order valence-corrected chi connectivity index (χ1v) is 8.57. The summed E-state index contributed by atoms with van der Waals surface area (Å²) in [6.07, 6.45) is 6.10. The van der Waals surface area contributed by atoms with Crippen LogP contribution in [-0.2, 0) is 11.2 Å². The van der Waals surface area contributed by atoms with Crippen molar-refractivity contribution in [3.8, 4) is 0 Å². The predicted molar refractivity (Wildman–Crippen MR) is 94.9 cm³/mol. The van der Waals surface area contributed by atoms with Crippen LogP contribution in [0.15, 0.2) is 42.7 Å². The van der Waals surface area contributed by atoms with Gasteiger partial charge in [0.05, 0.1) is 0 Å². The van der Waals surface area contributed by atoms with E-state index in [9.17, 15) is 4.79 Å². The number of aryl methyl sites for hydroxylation is 1. The number of benzene rings is 1. The van der Waals surface area contributed by atoms with Gasteiger partial charge in [-0.15, -0.1) is 0 Å². The number of anilines is 1. The number of carbonyl (C=O) groups excluding carboxylic acids is 1. The average Bonchev–Trinajstić information content (AvgIpc) is 2.63. The van der Waals surface area contributed by atoms with Crippen molar-refractivity contribution in [2.75, 3.05) is 24.5 Å². The molecule has 0 bridgehead atoms. The van der Waals surface area contributed by atoms with Crippen molar-refractivity contribution in [2.45, 2.75) is 26.2 Å². The van der Waals surface area contributed by atoms with E-state index in [1.807, 2.05) is 6.07 Å². The highest BCUT2D eigenvalue weighted by Crippen LogP contribution is 2.20. The van der Waals surface area contributed by atoms with Gasteiger partial charge in [0.1, 0.15) is 0 Å². The molecule has 1 aliphatic rings. The standard InChI is InChI=1S/C19H24N4O/c1-15-4-2-5-16(14-15)6-11-20-18(24)17-7-12-23(13-8-17)19-21-9-3-10-22-19/h2-5,9-10,14,17H,6-8,11-13H2,1H3,(H,20,24). The predicted octanol–water partition coefficient (Wildman–Crippen LogP) is 2.36. The van der Waals surface area contributed by atoms with Gasteiger partial charge in [0.25, 0.3) is 0 Å². The molecule has 1 aliphatic heterocycles. The maximum absolute atomic E-state index is 12.3. The summed E-state index contributed by atoms with van der Waals surface area (Å²) in [4.78, 5) is 23.0. The zero-order valence-corrected chi connectivity index (χ0v) is 14.1. The minimum absolute atomic E-state index is 0.0995. The van der Waals surface area contributed by atoms with E-state index in [2.05, 4.69) is 51.4 Å². The monoisotopic (exact) mass is 324 g/mol. The second-order valence-electron chi connectivity index (χ2n) is 6.34. The van der Waals surface area contributed by atoms with Crippen LogP contribution in [0.2, 0.25) is 0 Å². The highest BCUT2D eigenvalue weighted by Gasteiger charge is 2.25. The van der Waals surface area contributed by atoms with Crippen LogP contribution in [0.5, 0.6) is 0 Å². The first kappa shape index (κ1) is 16.4. The van der Waals surface area contributed by atoms with Crippen molar-refractivity contribution in [3.63, 3.8) is 0 Å². The number of carbonyl (C=O) groups is 1. The summed E-state index contributed by atoms with van der Waals surface area (Å²) in [6, 6.07) is 10.3. The molecule has 1 saturated heterocycles. The Kier molecular flexibility index (Phi) is 5.41. The van der Waals surface area contributed by atoms with Gasteiger partial charge in [0, 0.05) is 37.9 Å². The van der Waals surface area contributed by atoms with Crippen LogP contribution in [0.25, 0.3) is 0 Å². The fraction of sp³-hybridized carbons (Fsp3) is 0.421. The fourth-order valence-corrected chi connectivity index (χ4v) is 3.14. The van der Waals surface area contributed by atoms with Gasteiger partial charge in [-0.3, -0.25) is 4.79 Å². The second-order valence-corrected chi connectivity index (χ2v) is 6.34. The van der Waals surface area contributed by atoms with Gasteiger partial charge in [0.2, 0.25) is 11.9 Å². The maximum atomic E-state index is 12.3. The highest BCUT2D eigenvalue weighted by molar-refractivity contribution is 5.78. The molecule has 1 N–H and O–H groups in total. The Labute approximate surface area is 143 Å². The van der Waals surface area contributed by atoms with Crippen molar-refractivity contribution in [1.82, 2.24) is 15.3 Å². The lowest BCUT2D eigenvalue weighted by molar-refractivity contribution is -0.125. The molecule has 0 radical (unpaired) electrons. The third-order valence-corrected chi connectivity index (χ3v) is 4.50. The van der Waals surface area contributed by atoms with Crippen molar-refractivity contribution >= 4 is 11.9 Å². The van der Waals surface area contributed by atoms with E-state index < -0.39 is 0 Å². The number of rotatable bonds is 5. The second kappa shape index (κ2) is 7.90. The van der Waals surface area contributed by atoms with Gasteiger partial charge in [-0.25, -0.2) is 9.97 Å². The molecule has 0 aliphatic carbocycles. The van der Waals surface area contributed by atoms with E-state index in [-0.39, 0.29) is 11.8 Å². The van der Waals surface area contributed by atoms with E-state index in [4.69, 9.17) is 0 Å². The summed E-state index contributed by atoms with van der Waals surface area (Å²) in [5, 5.41) is 3.09. The Morgan fingerprint density at radius 1 is 1.21 bits per heavy atom. The number of nitrogens with zero attached hydrogens (tertiary/aromatic N) is 3. The molecular weight excluding hydrogens is 300 g/mol. The minimum atomic E-state index is 0.0995. The Bertz CT molecular complexity index is 666. The summed E-state index contributed by atoms with van der Waals surface area (Å²) in [6.45, 7) is 4.45. The Balaban J connectivity index is 1.42. The quantitative estimate of drug-likeness (QED) is 0.917. The Morgan fingerprint density at radius 3 is 2.67 bits per heavy atom. The topological polar surface area (TPSA) is 58.1 Å². The van der Waals surface area contributed by atoms with Crippen LogP contribution >= 0.6 is 0 Å². The van der Waals surface area contributed by atoms with E-state index >= 15 is 0 Å². The molecule has 0 saturated carbocycles. The molecule has 0 spiro atoms. The number of hydrogen-bond donors (Lipinski definition) is 1. The molecule has 1 fully saturated rings. The molecule has 1 amide bonds. The lowest BCUT2D eigenvalue weighted by atomic mass is 9.96. The van der Waals surface area contributed by atoms with Crippen LogP contribution in [0.1, 0.15) is 24.0 Å². The number of amides is 1. The van der Waals surface area contributed by atoms with Crippen LogP contribution in [0.4, 0.5) is 5.95 Å². The van der Waals surface area contributed by atoms with E-state index in [0.29, 0.717) is 6.54 Å². The molecule has 1 aromatic carbocycles. The van der Waals surface area contributed by atoms with Gasteiger partial charge >= 0.3 is 0 Å². The van der Waals surface area contributed by atoms with Crippen LogP contribution < -0.4 is 10.2 Å². The summed E-state index contributed by atoms with van der Waals surface area (Å²) in [7, 11) is 0. The molecule has 1 aromatic heterocycles. The molecule has 24 heavy (non-hydrogen) atoms. The van der Waals surface area contributed by atoms with Gasteiger partial charge in [0.15, 0.2) is 0 Å². The summed E-state index contributed by atoms with van der Waals surface area (Å²) in [5.41, 5.74) is 2.53. The molecule has 5 heteroatoms. The van der Waals surface area contributed by atoms with E-state index in [0.717, 1.165) is 38.3 Å². The zero-order chi connectivity index (χ0) is 16.8. The highest BCUT2D eigenvalue weighted by atomic mass is 16.1. The Hall–Kier alpha value is -2.43. The number of hydrogen-bond acceptors (Lipinski definition) is 4. The zero-order valence-electron chi connectivity index (χ0n) is 14.1. The normalized spacial score (nSPS) is 15.3. The van der Waals surface area contributed by atoms with Crippen molar-refractivity contribution in [1.29, 1.82) is 0 Å². The van der Waals surface area contributed by atoms with Gasteiger partial charge in [-0.05, 0) is 37.8 Å². The average molecular weight is 324 g/mol. The molecule has 3 rings (SSSR count). The number of piperidine rings is 1. The first-order valence-electron chi connectivity index (χ1n) is 8.57. The molecule has 0 atom stereocenters. The lowest BCUT2D eigenvalue weighted by Gasteiger charge is -2.31. The first-order chi connectivity index (χ1) is 11.7. The Morgan fingerprint density at radius 2 is 1.96 bits per heavy atom. The van der Waals surface area contributed by atoms with Crippen LogP contribution in [0.3, 0.4) is 0 Å². The van der Waals surface area contributed by atoms with Crippen molar-refractivity contribution in [3.05, 3.63) is 53.9 Å². The SMILES string of the molecule is Cc1cccc(CCNC(=O)C2CCN(c3ncccn3)CC2)c1. The van der Waals surface area contributed by atoms with Gasteiger partial charge in [-0.1, -0.05) is 29.8 Å². The summed E-state index contributed by atoms with van der Waals surface area (Å²) >= 11 is 0. The molecule has 0 unspecified atom stereocenters.